The predicted molar refractivity (Wildman–Crippen MR) is 201 cm³/mol. The molecular weight excluding hydrogens is 597 g/mol. The van der Waals surface area contributed by atoms with Crippen molar-refractivity contribution < 1.29 is 0 Å². The molecule has 228 valence electrons. The Bertz CT molecular complexity index is 2760. The van der Waals surface area contributed by atoms with E-state index < -0.39 is 0 Å². The molecule has 0 bridgehead atoms. The molecule has 0 aliphatic carbocycles. The number of fused-ring (bicyclic) bond motifs is 6. The molecule has 0 amide bonds. The molecule has 49 heavy (non-hydrogen) atoms. The molecule has 4 nitrogen and oxygen atoms in total. The highest BCUT2D eigenvalue weighted by molar-refractivity contribution is 6.13. The van der Waals surface area contributed by atoms with Crippen LogP contribution in [-0.4, -0.2) is 9.13 Å². The number of hydrogen-bond donors (Lipinski definition) is 0. The zero-order valence-corrected chi connectivity index (χ0v) is 26.7. The van der Waals surface area contributed by atoms with Gasteiger partial charge in [0.15, 0.2) is 0 Å². The molecule has 0 saturated heterocycles. The van der Waals surface area contributed by atoms with Gasteiger partial charge in [-0.05, 0) is 66.6 Å². The van der Waals surface area contributed by atoms with Crippen LogP contribution in [-0.2, 0) is 0 Å². The first-order valence-electron chi connectivity index (χ1n) is 16.1. The van der Waals surface area contributed by atoms with E-state index in [0.717, 1.165) is 66.5 Å². The number of terminal acetylenes is 1. The summed E-state index contributed by atoms with van der Waals surface area (Å²) >= 11 is 0. The third-order valence-corrected chi connectivity index (χ3v) is 9.31. The Morgan fingerprint density at radius 1 is 0.551 bits per heavy atom. The van der Waals surface area contributed by atoms with E-state index in [4.69, 9.17) is 6.42 Å². The molecule has 8 rings (SSSR count). The maximum atomic E-state index is 10.9. The zero-order chi connectivity index (χ0) is 33.5. The highest BCUT2D eigenvalue weighted by Gasteiger charge is 2.23. The van der Waals surface area contributed by atoms with Crippen molar-refractivity contribution in [1.29, 1.82) is 10.5 Å². The zero-order valence-electron chi connectivity index (χ0n) is 26.7. The van der Waals surface area contributed by atoms with Crippen LogP contribution in [0.2, 0.25) is 0 Å². The summed E-state index contributed by atoms with van der Waals surface area (Å²) in [6.45, 7) is 2.01. The van der Waals surface area contributed by atoms with Crippen molar-refractivity contribution in [3.05, 3.63) is 168 Å². The van der Waals surface area contributed by atoms with Gasteiger partial charge in [-0.15, -0.1) is 6.42 Å². The van der Waals surface area contributed by atoms with Gasteiger partial charge in [-0.2, -0.15) is 10.5 Å². The van der Waals surface area contributed by atoms with Gasteiger partial charge in [0.1, 0.15) is 6.07 Å². The molecule has 2 heterocycles. The van der Waals surface area contributed by atoms with E-state index in [0.29, 0.717) is 11.1 Å². The molecule has 0 radical (unpaired) electrons. The van der Waals surface area contributed by atoms with Crippen LogP contribution in [0.4, 0.5) is 0 Å². The van der Waals surface area contributed by atoms with Crippen LogP contribution in [0, 0.1) is 35.0 Å². The summed E-state index contributed by atoms with van der Waals surface area (Å²) < 4.78 is 4.39. The van der Waals surface area contributed by atoms with Gasteiger partial charge in [0.05, 0.1) is 50.6 Å². The number of allylic oxidation sites excluding steroid dienone is 4. The second kappa shape index (κ2) is 11.9. The Balaban J connectivity index is 1.38. The summed E-state index contributed by atoms with van der Waals surface area (Å²) in [6, 6.07) is 49.8. The van der Waals surface area contributed by atoms with Crippen molar-refractivity contribution in [2.75, 3.05) is 0 Å². The smallest absolute Gasteiger partial charge is 0.102 e. The monoisotopic (exact) mass is 624 g/mol. The van der Waals surface area contributed by atoms with E-state index in [1.165, 1.54) is 10.8 Å². The van der Waals surface area contributed by atoms with Crippen LogP contribution in [0.1, 0.15) is 29.2 Å². The average Bonchev–Trinajstić information content (AvgIpc) is 3.67. The fourth-order valence-electron chi connectivity index (χ4n) is 7.29. The maximum Gasteiger partial charge on any atom is 0.102 e. The van der Waals surface area contributed by atoms with Crippen molar-refractivity contribution in [1.82, 2.24) is 9.13 Å². The number of hydrogen-bond acceptors (Lipinski definition) is 2. The molecule has 0 aliphatic heterocycles. The van der Waals surface area contributed by atoms with Crippen molar-refractivity contribution in [2.45, 2.75) is 6.92 Å². The Labute approximate surface area is 284 Å². The van der Waals surface area contributed by atoms with E-state index in [1.54, 1.807) is 6.08 Å². The topological polar surface area (TPSA) is 57.4 Å². The molecule has 0 unspecified atom stereocenters. The molecule has 0 saturated carbocycles. The SMILES string of the molecule is C#C/C=C(\C(=C/C)c1ccccc1-n1c2ccccc2c2ccccc21)c1cccc(-n2c3ccccc3c3ccc(C#N)cc32)c1C#N. The Hall–Kier alpha value is -7.06. The van der Waals surface area contributed by atoms with Crippen molar-refractivity contribution in [2.24, 2.45) is 0 Å². The summed E-state index contributed by atoms with van der Waals surface area (Å²) in [4.78, 5) is 0. The molecule has 0 N–H and O–H groups in total. The Morgan fingerprint density at radius 2 is 1.08 bits per heavy atom. The van der Waals surface area contributed by atoms with Gasteiger partial charge in [0.2, 0.25) is 0 Å². The summed E-state index contributed by atoms with van der Waals surface area (Å²) in [7, 11) is 0. The van der Waals surface area contributed by atoms with Gasteiger partial charge in [-0.25, -0.2) is 0 Å². The molecule has 6 aromatic carbocycles. The van der Waals surface area contributed by atoms with E-state index in [9.17, 15) is 10.5 Å². The van der Waals surface area contributed by atoms with Crippen LogP contribution in [0.25, 0.3) is 66.1 Å². The first-order valence-corrected chi connectivity index (χ1v) is 16.1. The number of aromatic nitrogens is 2. The number of nitriles is 2. The third-order valence-electron chi connectivity index (χ3n) is 9.31. The molecule has 0 fully saturated rings. The molecule has 4 heteroatoms. The number of nitrogens with zero attached hydrogens (tertiary/aromatic N) is 4. The van der Waals surface area contributed by atoms with E-state index >= 15 is 0 Å². The van der Waals surface area contributed by atoms with Crippen molar-refractivity contribution >= 4 is 54.8 Å². The number of para-hydroxylation sites is 4. The molecule has 0 aliphatic rings. The predicted octanol–water partition coefficient (Wildman–Crippen LogP) is 10.7. The van der Waals surface area contributed by atoms with E-state index in [-0.39, 0.29) is 0 Å². The third kappa shape index (κ3) is 4.54. The summed E-state index contributed by atoms with van der Waals surface area (Å²) in [5.41, 5.74) is 10.2. The lowest BCUT2D eigenvalue weighted by Gasteiger charge is -2.20. The minimum atomic E-state index is 0.489. The second-order valence-corrected chi connectivity index (χ2v) is 11.8. The average molecular weight is 625 g/mol. The Kier molecular flexibility index (Phi) is 7.15. The lowest BCUT2D eigenvalue weighted by atomic mass is 9.88. The van der Waals surface area contributed by atoms with E-state index in [1.807, 2.05) is 67.6 Å². The van der Waals surface area contributed by atoms with Crippen LogP contribution in [0.5, 0.6) is 0 Å². The largest absolute Gasteiger partial charge is 0.309 e. The van der Waals surface area contributed by atoms with E-state index in [2.05, 4.69) is 106 Å². The summed E-state index contributed by atoms with van der Waals surface area (Å²) in [5, 5.41) is 25.1. The standard InChI is InChI=1S/C45H28N4/c1-3-14-32(31(4-2)34-15-5-9-20-40(34)48-41-21-10-6-16-35(41)36-17-7-11-22-42(36)48)33-19-13-24-44(39(33)29-47)49-43-23-12-8-18-37(43)38-26-25-30(28-46)27-45(38)49/h1,4-27H,2H3/b31-4+,32-14+. The fraction of sp³-hybridized carbons (Fsp3) is 0.0222. The van der Waals surface area contributed by atoms with Crippen LogP contribution >= 0.6 is 0 Å². The number of benzene rings is 6. The normalized spacial score (nSPS) is 12.0. The van der Waals surface area contributed by atoms with Crippen LogP contribution < -0.4 is 0 Å². The van der Waals surface area contributed by atoms with Gasteiger partial charge in [-0.1, -0.05) is 103 Å². The Morgan fingerprint density at radius 3 is 1.67 bits per heavy atom. The van der Waals surface area contributed by atoms with Crippen molar-refractivity contribution in [3.63, 3.8) is 0 Å². The minimum absolute atomic E-state index is 0.489. The van der Waals surface area contributed by atoms with Gasteiger partial charge in [0, 0.05) is 32.7 Å². The molecule has 2 aromatic heterocycles. The molecular formula is C45H28N4. The lowest BCUT2D eigenvalue weighted by Crippen LogP contribution is -2.04. The molecule has 0 spiro atoms. The first-order chi connectivity index (χ1) is 24.2. The number of rotatable bonds is 5. The lowest BCUT2D eigenvalue weighted by molar-refractivity contribution is 1.16. The van der Waals surface area contributed by atoms with Crippen LogP contribution in [0.3, 0.4) is 0 Å². The van der Waals surface area contributed by atoms with Crippen molar-refractivity contribution in [3.8, 4) is 35.9 Å². The van der Waals surface area contributed by atoms with Crippen LogP contribution in [0.15, 0.2) is 146 Å². The second-order valence-electron chi connectivity index (χ2n) is 11.8. The highest BCUT2D eigenvalue weighted by atomic mass is 15.0. The minimum Gasteiger partial charge on any atom is -0.309 e. The maximum absolute atomic E-state index is 10.9. The summed E-state index contributed by atoms with van der Waals surface area (Å²) in [6.07, 6.45) is 9.88. The molecule has 0 atom stereocenters. The van der Waals surface area contributed by atoms with Gasteiger partial charge < -0.3 is 9.13 Å². The first kappa shape index (κ1) is 29.3. The quantitative estimate of drug-likeness (QED) is 0.141. The summed E-state index contributed by atoms with van der Waals surface area (Å²) in [5.74, 6) is 2.78. The fourth-order valence-corrected chi connectivity index (χ4v) is 7.29. The van der Waals surface area contributed by atoms with Gasteiger partial charge in [-0.3, -0.25) is 0 Å². The van der Waals surface area contributed by atoms with Gasteiger partial charge >= 0.3 is 0 Å². The molecule has 8 aromatic rings. The highest BCUT2D eigenvalue weighted by Crippen LogP contribution is 2.41. The van der Waals surface area contributed by atoms with Gasteiger partial charge in [0.25, 0.3) is 0 Å².